The van der Waals surface area contributed by atoms with Gasteiger partial charge in [-0.2, -0.15) is 0 Å². The highest BCUT2D eigenvalue weighted by Crippen LogP contribution is 2.26. The molecule has 134 valence electrons. The number of hydrogen-bond donors (Lipinski definition) is 1. The third kappa shape index (κ3) is 4.14. The summed E-state index contributed by atoms with van der Waals surface area (Å²) in [4.78, 5) is 23.2. The topological polar surface area (TPSA) is 67.9 Å². The molecule has 0 unspecified atom stereocenters. The number of ether oxygens (including phenoxy) is 1. The van der Waals surface area contributed by atoms with Crippen molar-refractivity contribution in [3.8, 4) is 5.88 Å². The van der Waals surface area contributed by atoms with Gasteiger partial charge in [-0.3, -0.25) is 4.79 Å². The maximum atomic E-state index is 13.3. The number of carbonyl (C=O) groups is 1. The van der Waals surface area contributed by atoms with E-state index in [4.69, 9.17) is 4.74 Å². The first-order valence-electron chi connectivity index (χ1n) is 8.43. The van der Waals surface area contributed by atoms with E-state index in [0.29, 0.717) is 17.9 Å². The van der Waals surface area contributed by atoms with E-state index in [2.05, 4.69) is 15.0 Å². The van der Waals surface area contributed by atoms with Gasteiger partial charge >= 0.3 is 0 Å². The lowest BCUT2D eigenvalue weighted by atomic mass is 10.1. The Balaban J connectivity index is 1.80. The van der Waals surface area contributed by atoms with Crippen LogP contribution in [0.4, 0.5) is 4.39 Å². The van der Waals surface area contributed by atoms with Crippen LogP contribution in [0.3, 0.4) is 0 Å². The quantitative estimate of drug-likeness (QED) is 0.652. The predicted molar refractivity (Wildman–Crippen MR) is 97.3 cm³/mol. The van der Waals surface area contributed by atoms with E-state index in [1.54, 1.807) is 18.2 Å². The molecule has 0 radical (unpaired) electrons. The molecule has 5 nitrogen and oxygen atoms in total. The Morgan fingerprint density at radius 2 is 2.19 bits per heavy atom. The lowest BCUT2D eigenvalue weighted by Gasteiger charge is -2.07. The number of carbonyl (C=O) groups excluding carboxylic acids is 1. The molecule has 2 heterocycles. The van der Waals surface area contributed by atoms with E-state index in [-0.39, 0.29) is 24.1 Å². The van der Waals surface area contributed by atoms with Gasteiger partial charge in [-0.25, -0.2) is 14.4 Å². The van der Waals surface area contributed by atoms with Crippen LogP contribution in [-0.2, 0) is 17.8 Å². The van der Waals surface area contributed by atoms with Crippen molar-refractivity contribution in [1.29, 1.82) is 0 Å². The van der Waals surface area contributed by atoms with E-state index in [0.717, 1.165) is 16.5 Å². The molecule has 0 atom stereocenters. The number of rotatable bonds is 7. The van der Waals surface area contributed by atoms with Crippen molar-refractivity contribution in [3.05, 3.63) is 65.9 Å². The van der Waals surface area contributed by atoms with Crippen LogP contribution in [0.5, 0.6) is 5.88 Å². The third-order valence-electron chi connectivity index (χ3n) is 3.97. The maximum Gasteiger partial charge on any atom is 0.226 e. The lowest BCUT2D eigenvalue weighted by molar-refractivity contribution is -0.117. The van der Waals surface area contributed by atoms with Crippen LogP contribution in [0.15, 0.2) is 48.9 Å². The molecule has 1 N–H and O–H groups in total. The molecule has 3 aromatic rings. The Bertz CT molecular complexity index is 947. The van der Waals surface area contributed by atoms with E-state index in [9.17, 15) is 9.18 Å². The van der Waals surface area contributed by atoms with Gasteiger partial charge in [0.1, 0.15) is 24.4 Å². The van der Waals surface area contributed by atoms with Gasteiger partial charge in [0.2, 0.25) is 5.88 Å². The van der Waals surface area contributed by atoms with Crippen LogP contribution in [0, 0.1) is 11.7 Å². The van der Waals surface area contributed by atoms with Gasteiger partial charge in [-0.05, 0) is 35.8 Å². The second kappa shape index (κ2) is 7.91. The van der Waals surface area contributed by atoms with Crippen LogP contribution >= 0.6 is 0 Å². The summed E-state index contributed by atoms with van der Waals surface area (Å²) in [5.41, 5.74) is 2.31. The number of benzene rings is 1. The average Bonchev–Trinajstić information content (AvgIpc) is 3.03. The van der Waals surface area contributed by atoms with E-state index >= 15 is 0 Å². The number of nitrogens with one attached hydrogen (secondary N) is 1. The van der Waals surface area contributed by atoms with Crippen LogP contribution < -0.4 is 4.74 Å². The Morgan fingerprint density at radius 3 is 2.96 bits per heavy atom. The highest BCUT2D eigenvalue weighted by atomic mass is 19.1. The molecule has 0 spiro atoms. The molecule has 2 aromatic heterocycles. The zero-order valence-corrected chi connectivity index (χ0v) is 14.7. The molecule has 0 bridgehead atoms. The van der Waals surface area contributed by atoms with Crippen molar-refractivity contribution in [3.63, 3.8) is 0 Å². The number of nitrogens with zero attached hydrogens (tertiary/aromatic N) is 2. The number of aromatic amines is 1. The normalized spacial score (nSPS) is 11.5. The second-order valence-corrected chi connectivity index (χ2v) is 6.30. The first-order chi connectivity index (χ1) is 12.5. The summed E-state index contributed by atoms with van der Waals surface area (Å²) in [6.45, 7) is 3.94. The Labute approximate surface area is 150 Å². The van der Waals surface area contributed by atoms with Crippen LogP contribution in [0.1, 0.15) is 25.0 Å². The van der Waals surface area contributed by atoms with Crippen molar-refractivity contribution in [2.24, 2.45) is 5.92 Å². The Morgan fingerprint density at radius 1 is 1.35 bits per heavy atom. The number of ketones is 1. The van der Waals surface area contributed by atoms with Gasteiger partial charge in [0.15, 0.2) is 5.78 Å². The zero-order valence-electron chi connectivity index (χ0n) is 14.7. The minimum Gasteiger partial charge on any atom is -0.472 e. The lowest BCUT2D eigenvalue weighted by Crippen LogP contribution is -2.02. The Hall–Kier alpha value is -3.02. The largest absolute Gasteiger partial charge is 0.472 e. The summed E-state index contributed by atoms with van der Waals surface area (Å²) >= 11 is 0. The fourth-order valence-corrected chi connectivity index (χ4v) is 2.54. The predicted octanol–water partition coefficient (Wildman–Crippen LogP) is 4.00. The highest BCUT2D eigenvalue weighted by molar-refractivity contribution is 5.91. The van der Waals surface area contributed by atoms with Gasteiger partial charge in [-0.15, -0.1) is 0 Å². The zero-order chi connectivity index (χ0) is 18.5. The molecule has 6 heteroatoms. The van der Waals surface area contributed by atoms with Crippen LogP contribution in [-0.4, -0.2) is 20.7 Å². The van der Waals surface area contributed by atoms with Crippen molar-refractivity contribution in [1.82, 2.24) is 15.0 Å². The fraction of sp³-hybridized carbons (Fsp3) is 0.250. The minimum atomic E-state index is -0.304. The summed E-state index contributed by atoms with van der Waals surface area (Å²) in [6.07, 6.45) is 7.23. The molecule has 0 aliphatic rings. The van der Waals surface area contributed by atoms with E-state index in [1.165, 1.54) is 18.5 Å². The fourth-order valence-electron chi connectivity index (χ4n) is 2.54. The SMILES string of the molecule is CC(C)C(=O)/C=C/Cc1c[nH]c2ncnc(OCc3cccc(F)c3)c12. The van der Waals surface area contributed by atoms with Gasteiger partial charge in [0.25, 0.3) is 0 Å². The molecule has 26 heavy (non-hydrogen) atoms. The molecule has 0 fully saturated rings. The van der Waals surface area contributed by atoms with Crippen molar-refractivity contribution in [2.45, 2.75) is 26.9 Å². The summed E-state index contributed by atoms with van der Waals surface area (Å²) in [6, 6.07) is 6.25. The van der Waals surface area contributed by atoms with E-state index in [1.807, 2.05) is 26.1 Å². The van der Waals surface area contributed by atoms with Gasteiger partial charge in [0.05, 0.1) is 5.39 Å². The molecule has 0 saturated carbocycles. The van der Waals surface area contributed by atoms with E-state index < -0.39 is 0 Å². The number of aromatic nitrogens is 3. The first-order valence-corrected chi connectivity index (χ1v) is 8.43. The summed E-state index contributed by atoms with van der Waals surface area (Å²) in [5, 5.41) is 0.769. The van der Waals surface area contributed by atoms with Crippen LogP contribution in [0.2, 0.25) is 0 Å². The number of halogens is 1. The molecule has 0 saturated heterocycles. The highest BCUT2D eigenvalue weighted by Gasteiger charge is 2.12. The molecular formula is C20H20FN3O2. The monoisotopic (exact) mass is 353 g/mol. The number of hydrogen-bond acceptors (Lipinski definition) is 4. The molecule has 0 aliphatic heterocycles. The van der Waals surface area contributed by atoms with Crippen molar-refractivity contribution in [2.75, 3.05) is 0 Å². The van der Waals surface area contributed by atoms with Crippen LogP contribution in [0.25, 0.3) is 11.0 Å². The number of fused-ring (bicyclic) bond motifs is 1. The molecule has 1 aromatic carbocycles. The number of allylic oxidation sites excluding steroid dienone is 2. The maximum absolute atomic E-state index is 13.3. The average molecular weight is 353 g/mol. The second-order valence-electron chi connectivity index (χ2n) is 6.30. The number of H-pyrrole nitrogens is 1. The Kier molecular flexibility index (Phi) is 5.41. The third-order valence-corrected chi connectivity index (χ3v) is 3.97. The molecular weight excluding hydrogens is 333 g/mol. The minimum absolute atomic E-state index is 0.0253. The smallest absolute Gasteiger partial charge is 0.226 e. The first kappa shape index (κ1) is 17.8. The molecule has 3 rings (SSSR count). The summed E-state index contributed by atoms with van der Waals surface area (Å²) in [7, 11) is 0. The van der Waals surface area contributed by atoms with Gasteiger partial charge < -0.3 is 9.72 Å². The standard InChI is InChI=1S/C20H20FN3O2/c1-13(2)17(25)8-4-6-15-10-22-19-18(15)20(24-12-23-19)26-11-14-5-3-7-16(21)9-14/h3-5,7-10,12-13H,6,11H2,1-2H3,(H,22,23,24)/b8-4+. The molecule has 0 aliphatic carbocycles. The van der Waals surface area contributed by atoms with Gasteiger partial charge in [-0.1, -0.05) is 32.1 Å². The van der Waals surface area contributed by atoms with Crippen molar-refractivity contribution < 1.29 is 13.9 Å². The van der Waals surface area contributed by atoms with Crippen molar-refractivity contribution >= 4 is 16.8 Å². The summed E-state index contributed by atoms with van der Waals surface area (Å²) < 4.78 is 19.1. The summed E-state index contributed by atoms with van der Waals surface area (Å²) in [5.74, 6) is 0.187. The van der Waals surface area contributed by atoms with Gasteiger partial charge in [0, 0.05) is 12.1 Å². The molecule has 0 amide bonds.